The summed E-state index contributed by atoms with van der Waals surface area (Å²) in [5.74, 6) is 2.35. The van der Waals surface area contributed by atoms with Crippen LogP contribution in [0.5, 0.6) is 5.75 Å². The van der Waals surface area contributed by atoms with Crippen molar-refractivity contribution in [2.75, 3.05) is 7.11 Å². The van der Waals surface area contributed by atoms with E-state index in [0.717, 1.165) is 16.9 Å². The van der Waals surface area contributed by atoms with E-state index in [0.29, 0.717) is 17.6 Å². The zero-order chi connectivity index (χ0) is 14.5. The van der Waals surface area contributed by atoms with Crippen molar-refractivity contribution in [3.8, 4) is 5.75 Å². The molecule has 106 valence electrons. The molecule has 0 saturated heterocycles. The van der Waals surface area contributed by atoms with Gasteiger partial charge in [0.25, 0.3) is 0 Å². The van der Waals surface area contributed by atoms with Crippen LogP contribution in [0.3, 0.4) is 0 Å². The zero-order valence-electron chi connectivity index (χ0n) is 12.6. The van der Waals surface area contributed by atoms with Gasteiger partial charge in [0.05, 0.1) is 7.11 Å². The van der Waals surface area contributed by atoms with E-state index in [-0.39, 0.29) is 11.3 Å². The molecule has 4 rings (SSSR count). The van der Waals surface area contributed by atoms with E-state index >= 15 is 0 Å². The predicted molar refractivity (Wildman–Crippen MR) is 80.5 cm³/mol. The van der Waals surface area contributed by atoms with Crippen molar-refractivity contribution in [1.29, 1.82) is 0 Å². The van der Waals surface area contributed by atoms with Crippen molar-refractivity contribution < 1.29 is 9.53 Å². The summed E-state index contributed by atoms with van der Waals surface area (Å²) in [6.45, 7) is 6.69. The summed E-state index contributed by atoms with van der Waals surface area (Å²) in [4.78, 5) is 12.5. The van der Waals surface area contributed by atoms with E-state index in [9.17, 15) is 4.79 Å². The third kappa shape index (κ3) is 1.81. The summed E-state index contributed by atoms with van der Waals surface area (Å²) in [5.41, 5.74) is 2.38. The lowest BCUT2D eigenvalue weighted by Gasteiger charge is -2.59. The highest BCUT2D eigenvalue weighted by Crippen LogP contribution is 2.62. The van der Waals surface area contributed by atoms with Crippen LogP contribution < -0.4 is 4.74 Å². The smallest absolute Gasteiger partial charge is 0.162 e. The van der Waals surface area contributed by atoms with Gasteiger partial charge >= 0.3 is 0 Å². The molecule has 1 aromatic carbocycles. The second-order valence-corrected chi connectivity index (χ2v) is 6.74. The molecule has 0 N–H and O–H groups in total. The van der Waals surface area contributed by atoms with Gasteiger partial charge in [0, 0.05) is 5.92 Å². The maximum absolute atomic E-state index is 12.5. The van der Waals surface area contributed by atoms with Crippen molar-refractivity contribution in [1.82, 2.24) is 0 Å². The fraction of sp³-hybridized carbons (Fsp3) is 0.500. The minimum atomic E-state index is 0.166. The van der Waals surface area contributed by atoms with Gasteiger partial charge in [-0.1, -0.05) is 32.9 Å². The molecule has 1 aromatic rings. The summed E-state index contributed by atoms with van der Waals surface area (Å²) < 4.78 is 5.17. The van der Waals surface area contributed by atoms with Crippen LogP contribution in [0.1, 0.15) is 32.8 Å². The van der Waals surface area contributed by atoms with E-state index in [2.05, 4.69) is 26.8 Å². The average Bonchev–Trinajstić information content (AvgIpc) is 2.43. The highest BCUT2D eigenvalue weighted by atomic mass is 16.5. The Hall–Kier alpha value is -1.57. The molecule has 3 aliphatic rings. The van der Waals surface area contributed by atoms with Crippen LogP contribution in [0.2, 0.25) is 0 Å². The summed E-state index contributed by atoms with van der Waals surface area (Å²) >= 11 is 0. The quantitative estimate of drug-likeness (QED) is 0.760. The Kier molecular flexibility index (Phi) is 3.00. The number of fused-ring (bicyclic) bond motifs is 2. The monoisotopic (exact) mass is 270 g/mol. The first-order valence-corrected chi connectivity index (χ1v) is 7.35. The van der Waals surface area contributed by atoms with Gasteiger partial charge in [-0.05, 0) is 53.0 Å². The van der Waals surface area contributed by atoms with Crippen LogP contribution in [0, 0.1) is 23.2 Å². The molecule has 20 heavy (non-hydrogen) atoms. The van der Waals surface area contributed by atoms with Crippen LogP contribution >= 0.6 is 0 Å². The Labute approximate surface area is 120 Å². The number of Topliss-reactive ketones (excluding diaryl/α,β-unsaturated/α-hetero) is 1. The van der Waals surface area contributed by atoms with E-state index < -0.39 is 0 Å². The molecule has 3 saturated carbocycles. The van der Waals surface area contributed by atoms with Crippen molar-refractivity contribution in [2.45, 2.75) is 27.2 Å². The second-order valence-electron chi connectivity index (χ2n) is 6.74. The van der Waals surface area contributed by atoms with Gasteiger partial charge in [-0.3, -0.25) is 4.79 Å². The van der Waals surface area contributed by atoms with Gasteiger partial charge in [0.15, 0.2) is 5.78 Å². The Morgan fingerprint density at radius 3 is 2.45 bits per heavy atom. The van der Waals surface area contributed by atoms with Crippen molar-refractivity contribution in [3.63, 3.8) is 0 Å². The van der Waals surface area contributed by atoms with Gasteiger partial charge in [0.1, 0.15) is 5.75 Å². The van der Waals surface area contributed by atoms with Gasteiger partial charge in [-0.2, -0.15) is 0 Å². The highest BCUT2D eigenvalue weighted by Gasteiger charge is 2.58. The van der Waals surface area contributed by atoms with Crippen molar-refractivity contribution in [3.05, 3.63) is 35.4 Å². The Morgan fingerprint density at radius 2 is 1.90 bits per heavy atom. The van der Waals surface area contributed by atoms with Gasteiger partial charge < -0.3 is 4.74 Å². The van der Waals surface area contributed by atoms with E-state index in [1.165, 1.54) is 6.42 Å². The summed E-state index contributed by atoms with van der Waals surface area (Å²) in [6, 6.07) is 7.92. The topological polar surface area (TPSA) is 26.3 Å². The SMILES string of the molecule is COc1ccc(C=C2C(=O)C(C)C3CC2C3(C)C)cc1. The third-order valence-electron chi connectivity index (χ3n) is 5.46. The number of methoxy groups -OCH3 is 1. The predicted octanol–water partition coefficient (Wildman–Crippen LogP) is 3.96. The van der Waals surface area contributed by atoms with Crippen LogP contribution in [-0.2, 0) is 4.79 Å². The molecule has 3 aliphatic carbocycles. The molecule has 0 aromatic heterocycles. The summed E-state index contributed by atoms with van der Waals surface area (Å²) in [5, 5.41) is 0. The summed E-state index contributed by atoms with van der Waals surface area (Å²) in [7, 11) is 1.66. The lowest BCUT2D eigenvalue weighted by Crippen LogP contribution is -2.56. The van der Waals surface area contributed by atoms with Crippen LogP contribution in [-0.4, -0.2) is 12.9 Å². The molecule has 0 spiro atoms. The Balaban J connectivity index is 1.94. The average molecular weight is 270 g/mol. The van der Waals surface area contributed by atoms with Crippen LogP contribution in [0.4, 0.5) is 0 Å². The van der Waals surface area contributed by atoms with E-state index in [1.54, 1.807) is 7.11 Å². The Morgan fingerprint density at radius 1 is 1.25 bits per heavy atom. The molecule has 0 aliphatic heterocycles. The molecule has 0 heterocycles. The van der Waals surface area contributed by atoms with Gasteiger partial charge in [-0.15, -0.1) is 0 Å². The number of allylic oxidation sites excluding steroid dienone is 1. The molecule has 0 radical (unpaired) electrons. The fourth-order valence-electron chi connectivity index (χ4n) is 4.00. The number of hydrogen-bond acceptors (Lipinski definition) is 2. The molecule has 2 nitrogen and oxygen atoms in total. The normalized spacial score (nSPS) is 32.9. The maximum Gasteiger partial charge on any atom is 0.162 e. The Bertz CT molecular complexity index is 566. The highest BCUT2D eigenvalue weighted by molar-refractivity contribution is 6.03. The third-order valence-corrected chi connectivity index (χ3v) is 5.46. The number of ketones is 1. The molecule has 3 atom stereocenters. The lowest BCUT2D eigenvalue weighted by molar-refractivity contribution is -0.139. The number of benzene rings is 1. The van der Waals surface area contributed by atoms with E-state index in [4.69, 9.17) is 4.74 Å². The number of carbonyl (C=O) groups is 1. The number of carbonyl (C=O) groups excluding carboxylic acids is 1. The summed E-state index contributed by atoms with van der Waals surface area (Å²) in [6.07, 6.45) is 3.25. The second kappa shape index (κ2) is 4.47. The minimum absolute atomic E-state index is 0.166. The molecule has 2 bridgehead atoms. The fourth-order valence-corrected chi connectivity index (χ4v) is 4.00. The lowest BCUT2D eigenvalue weighted by atomic mass is 9.44. The van der Waals surface area contributed by atoms with Crippen molar-refractivity contribution >= 4 is 11.9 Å². The molecular weight excluding hydrogens is 248 g/mol. The van der Waals surface area contributed by atoms with Crippen LogP contribution in [0.25, 0.3) is 6.08 Å². The van der Waals surface area contributed by atoms with Crippen molar-refractivity contribution in [2.24, 2.45) is 23.2 Å². The standard InChI is InChI=1S/C18H22O2/c1-11-15-10-16(18(15,2)3)14(17(11)19)9-12-5-7-13(20-4)8-6-12/h5-9,11,15-16H,10H2,1-4H3. The molecule has 0 amide bonds. The number of rotatable bonds is 2. The first-order chi connectivity index (χ1) is 9.45. The molecule has 3 fully saturated rings. The number of hydrogen-bond donors (Lipinski definition) is 0. The first-order valence-electron chi connectivity index (χ1n) is 7.35. The molecule has 3 unspecified atom stereocenters. The van der Waals surface area contributed by atoms with Gasteiger partial charge in [0.2, 0.25) is 0 Å². The molecular formula is C18H22O2. The van der Waals surface area contributed by atoms with Crippen LogP contribution in [0.15, 0.2) is 29.8 Å². The zero-order valence-corrected chi connectivity index (χ0v) is 12.6. The molecule has 2 heteroatoms. The number of ether oxygens (including phenoxy) is 1. The maximum atomic E-state index is 12.5. The van der Waals surface area contributed by atoms with E-state index in [1.807, 2.05) is 24.3 Å². The van der Waals surface area contributed by atoms with Gasteiger partial charge in [-0.25, -0.2) is 0 Å². The largest absolute Gasteiger partial charge is 0.497 e. The first kappa shape index (κ1) is 13.4. The minimum Gasteiger partial charge on any atom is -0.497 e.